The van der Waals surface area contributed by atoms with E-state index in [0.29, 0.717) is 18.4 Å². The molecule has 1 aliphatic heterocycles. The maximum atomic E-state index is 12.9. The molecule has 1 amide bonds. The van der Waals surface area contributed by atoms with E-state index in [1.54, 1.807) is 0 Å². The number of hydrogen-bond acceptors (Lipinski definition) is 2. The highest BCUT2D eigenvalue weighted by atomic mass is 16.2. The fourth-order valence-electron chi connectivity index (χ4n) is 5.18. The fourth-order valence-corrected chi connectivity index (χ4v) is 5.18. The highest BCUT2D eigenvalue weighted by molar-refractivity contribution is 5.81. The maximum absolute atomic E-state index is 12.9. The molecule has 2 aliphatic rings. The van der Waals surface area contributed by atoms with Gasteiger partial charge in [0.25, 0.3) is 0 Å². The van der Waals surface area contributed by atoms with Gasteiger partial charge in [-0.1, -0.05) is 55.7 Å². The first-order valence-electron chi connectivity index (χ1n) is 11.0. The molecule has 1 atom stereocenters. The number of carbonyl (C=O) groups excluding carboxylic acids is 1. The molecule has 0 N–H and O–H groups in total. The topological polar surface area (TPSA) is 38.1 Å². The van der Waals surface area contributed by atoms with E-state index in [-0.39, 0.29) is 5.92 Å². The van der Waals surface area contributed by atoms with Crippen LogP contribution in [0.4, 0.5) is 0 Å². The second-order valence-corrected chi connectivity index (χ2v) is 8.71. The largest absolute Gasteiger partial charge is 0.339 e. The van der Waals surface area contributed by atoms with Crippen LogP contribution in [0.2, 0.25) is 0 Å². The maximum Gasteiger partial charge on any atom is 0.223 e. The minimum atomic E-state index is 0.181. The van der Waals surface area contributed by atoms with Crippen molar-refractivity contribution in [3.8, 4) is 0 Å². The van der Waals surface area contributed by atoms with Crippen molar-refractivity contribution in [3.63, 3.8) is 0 Å². The van der Waals surface area contributed by atoms with Crippen LogP contribution in [0.15, 0.2) is 48.5 Å². The van der Waals surface area contributed by atoms with Crippen LogP contribution < -0.4 is 0 Å². The Morgan fingerprint density at radius 1 is 1.00 bits per heavy atom. The van der Waals surface area contributed by atoms with Gasteiger partial charge in [0.15, 0.2) is 0 Å². The summed E-state index contributed by atoms with van der Waals surface area (Å²) in [5, 5.41) is 0. The number of carbonyl (C=O) groups is 1. The third kappa shape index (κ3) is 3.45. The Bertz CT molecular complexity index is 1030. The van der Waals surface area contributed by atoms with Crippen molar-refractivity contribution < 1.29 is 4.79 Å². The van der Waals surface area contributed by atoms with Crippen LogP contribution in [0.1, 0.15) is 61.4 Å². The molecule has 0 radical (unpaired) electrons. The van der Waals surface area contributed by atoms with Gasteiger partial charge >= 0.3 is 0 Å². The van der Waals surface area contributed by atoms with Crippen LogP contribution in [0.5, 0.6) is 0 Å². The lowest BCUT2D eigenvalue weighted by Gasteiger charge is -2.31. The molecule has 2 heterocycles. The van der Waals surface area contributed by atoms with Gasteiger partial charge in [0.1, 0.15) is 5.82 Å². The normalized spacial score (nSPS) is 20.7. The summed E-state index contributed by atoms with van der Waals surface area (Å²) in [5.74, 6) is 1.57. The lowest BCUT2D eigenvalue weighted by atomic mass is 9.94. The lowest BCUT2D eigenvalue weighted by Crippen LogP contribution is -2.37. The van der Waals surface area contributed by atoms with Gasteiger partial charge in [-0.15, -0.1) is 0 Å². The van der Waals surface area contributed by atoms with Gasteiger partial charge in [0.2, 0.25) is 5.91 Å². The average molecular weight is 388 g/mol. The molecule has 2 aromatic carbocycles. The Morgan fingerprint density at radius 2 is 1.76 bits per heavy atom. The third-order valence-electron chi connectivity index (χ3n) is 6.81. The second kappa shape index (κ2) is 7.66. The van der Waals surface area contributed by atoms with E-state index in [4.69, 9.17) is 4.98 Å². The van der Waals surface area contributed by atoms with E-state index in [9.17, 15) is 4.79 Å². The molecule has 0 spiro atoms. The van der Waals surface area contributed by atoms with Crippen LogP contribution in [0.25, 0.3) is 11.0 Å². The van der Waals surface area contributed by atoms with E-state index in [1.165, 1.54) is 30.4 Å². The minimum Gasteiger partial charge on any atom is -0.339 e. The molecule has 29 heavy (non-hydrogen) atoms. The molecule has 150 valence electrons. The monoisotopic (exact) mass is 387 g/mol. The van der Waals surface area contributed by atoms with Crippen LogP contribution in [-0.4, -0.2) is 32.9 Å². The molecule has 4 heteroatoms. The number of aromatic nitrogens is 2. The van der Waals surface area contributed by atoms with E-state index in [2.05, 4.69) is 58.9 Å². The summed E-state index contributed by atoms with van der Waals surface area (Å²) < 4.78 is 2.35. The molecule has 4 nitrogen and oxygen atoms in total. The number of nitrogens with zero attached hydrogens (tertiary/aromatic N) is 3. The van der Waals surface area contributed by atoms with E-state index in [1.807, 2.05) is 6.07 Å². The Balaban J connectivity index is 1.50. The molecule has 1 saturated carbocycles. The van der Waals surface area contributed by atoms with Crippen molar-refractivity contribution in [3.05, 3.63) is 65.5 Å². The molecule has 1 saturated heterocycles. The predicted molar refractivity (Wildman–Crippen MR) is 116 cm³/mol. The standard InChI is InChI=1S/C25H29N3O/c1-18-9-5-6-10-19(18)16-28-23-14-8-7-13-22(23)26-25(28)20-15-24(29)27(17-20)21-11-3-2-4-12-21/h5-10,13-14,20-21H,2-4,11-12,15-17H2,1H3. The molecule has 3 aromatic rings. The van der Waals surface area contributed by atoms with Crippen molar-refractivity contribution in [1.82, 2.24) is 14.5 Å². The number of aryl methyl sites for hydroxylation is 1. The second-order valence-electron chi connectivity index (χ2n) is 8.71. The molecular formula is C25H29N3O. The molecule has 5 rings (SSSR count). The van der Waals surface area contributed by atoms with Gasteiger partial charge < -0.3 is 9.47 Å². The fraction of sp³-hybridized carbons (Fsp3) is 0.440. The highest BCUT2D eigenvalue weighted by Gasteiger charge is 2.37. The molecule has 1 aliphatic carbocycles. The van der Waals surface area contributed by atoms with E-state index in [0.717, 1.165) is 42.8 Å². The van der Waals surface area contributed by atoms with Gasteiger partial charge in [-0.2, -0.15) is 0 Å². The molecule has 1 unspecified atom stereocenters. The number of rotatable bonds is 4. The van der Waals surface area contributed by atoms with Crippen molar-refractivity contribution in [2.75, 3.05) is 6.54 Å². The number of likely N-dealkylation sites (tertiary alicyclic amines) is 1. The molecular weight excluding hydrogens is 358 g/mol. The zero-order chi connectivity index (χ0) is 19.8. The first kappa shape index (κ1) is 18.4. The van der Waals surface area contributed by atoms with Gasteiger partial charge in [-0.3, -0.25) is 4.79 Å². The van der Waals surface area contributed by atoms with E-state index >= 15 is 0 Å². The van der Waals surface area contributed by atoms with Crippen LogP contribution in [0, 0.1) is 6.92 Å². The summed E-state index contributed by atoms with van der Waals surface area (Å²) in [7, 11) is 0. The predicted octanol–water partition coefficient (Wildman–Crippen LogP) is 5.04. The highest BCUT2D eigenvalue weighted by Crippen LogP contribution is 2.35. The summed E-state index contributed by atoms with van der Waals surface area (Å²) in [4.78, 5) is 20.1. The number of imidazole rings is 1. The molecule has 1 aromatic heterocycles. The number of amides is 1. The van der Waals surface area contributed by atoms with Crippen LogP contribution in [-0.2, 0) is 11.3 Å². The van der Waals surface area contributed by atoms with Crippen molar-refractivity contribution in [1.29, 1.82) is 0 Å². The number of para-hydroxylation sites is 2. The van der Waals surface area contributed by atoms with Crippen molar-refractivity contribution in [2.45, 2.75) is 64.0 Å². The van der Waals surface area contributed by atoms with Crippen LogP contribution >= 0.6 is 0 Å². The van der Waals surface area contributed by atoms with Gasteiger partial charge in [0.05, 0.1) is 11.0 Å². The summed E-state index contributed by atoms with van der Waals surface area (Å²) >= 11 is 0. The first-order chi connectivity index (χ1) is 14.2. The van der Waals surface area contributed by atoms with Crippen molar-refractivity contribution >= 4 is 16.9 Å². The zero-order valence-corrected chi connectivity index (χ0v) is 17.2. The SMILES string of the molecule is Cc1ccccc1Cn1c(C2CC(=O)N(C3CCCCC3)C2)nc2ccccc21. The zero-order valence-electron chi connectivity index (χ0n) is 17.2. The molecule has 0 bridgehead atoms. The Hall–Kier alpha value is -2.62. The third-order valence-corrected chi connectivity index (χ3v) is 6.81. The summed E-state index contributed by atoms with van der Waals surface area (Å²) in [6.45, 7) is 3.79. The van der Waals surface area contributed by atoms with E-state index < -0.39 is 0 Å². The minimum absolute atomic E-state index is 0.181. The smallest absolute Gasteiger partial charge is 0.223 e. The van der Waals surface area contributed by atoms with Crippen molar-refractivity contribution in [2.24, 2.45) is 0 Å². The average Bonchev–Trinajstić information content (AvgIpc) is 3.31. The Kier molecular flexibility index (Phi) is 4.86. The quantitative estimate of drug-likeness (QED) is 0.629. The number of benzene rings is 2. The Morgan fingerprint density at radius 3 is 2.59 bits per heavy atom. The Labute approximate surface area is 172 Å². The first-order valence-corrected chi connectivity index (χ1v) is 11.0. The van der Waals surface area contributed by atoms with Gasteiger partial charge in [-0.05, 0) is 43.0 Å². The molecule has 2 fully saturated rings. The van der Waals surface area contributed by atoms with Gasteiger partial charge in [-0.25, -0.2) is 4.98 Å². The summed E-state index contributed by atoms with van der Waals surface area (Å²) in [6.07, 6.45) is 6.74. The summed E-state index contributed by atoms with van der Waals surface area (Å²) in [6, 6.07) is 17.4. The van der Waals surface area contributed by atoms with Gasteiger partial charge in [0, 0.05) is 31.5 Å². The lowest BCUT2D eigenvalue weighted by molar-refractivity contribution is -0.130. The number of fused-ring (bicyclic) bond motifs is 1. The number of hydrogen-bond donors (Lipinski definition) is 0. The summed E-state index contributed by atoms with van der Waals surface area (Å²) in [5.41, 5.74) is 4.79. The van der Waals surface area contributed by atoms with Crippen LogP contribution in [0.3, 0.4) is 0 Å².